The zero-order valence-electron chi connectivity index (χ0n) is 7.29. The van der Waals surface area contributed by atoms with Crippen LogP contribution >= 0.6 is 0 Å². The summed E-state index contributed by atoms with van der Waals surface area (Å²) in [4.78, 5) is 10.3. The molecule has 4 nitrogen and oxygen atoms in total. The summed E-state index contributed by atoms with van der Waals surface area (Å²) in [5, 5.41) is 26.8. The fraction of sp³-hybridized carbons (Fsp3) is 0.200. The Bertz CT molecular complexity index is 353. The number of aliphatic hydroxyl groups excluding tert-OH is 2. The molecule has 0 saturated heterocycles. The van der Waals surface area contributed by atoms with Crippen molar-refractivity contribution in [1.82, 2.24) is 0 Å². The number of aliphatic hydroxyl groups is 2. The lowest BCUT2D eigenvalue weighted by molar-refractivity contribution is 0.0528. The molecule has 0 saturated carbocycles. The molecule has 4 heteroatoms. The van der Waals surface area contributed by atoms with Gasteiger partial charge < -0.3 is 10.2 Å². The molecule has 0 fully saturated rings. The third kappa shape index (κ3) is 2.16. The molecule has 72 valence electrons. The Kier molecular flexibility index (Phi) is 3.35. The number of rotatable bonds is 3. The maximum Gasteiger partial charge on any atom is 0.170 e. The molecular weight excluding hydrogens is 182 g/mol. The van der Waals surface area contributed by atoms with Gasteiger partial charge in [-0.3, -0.25) is 4.79 Å². The van der Waals surface area contributed by atoms with Crippen molar-refractivity contribution in [2.24, 2.45) is 0 Å². The van der Waals surface area contributed by atoms with Crippen LogP contribution in [0, 0.1) is 11.3 Å². The van der Waals surface area contributed by atoms with E-state index in [4.69, 9.17) is 10.4 Å². The largest absolute Gasteiger partial charge is 0.385 e. The van der Waals surface area contributed by atoms with Gasteiger partial charge in [-0.25, -0.2) is 0 Å². The van der Waals surface area contributed by atoms with Crippen molar-refractivity contribution in [2.75, 3.05) is 0 Å². The number of carbonyl (C=O) groups excluding carboxylic acids is 1. The highest BCUT2D eigenvalue weighted by molar-refractivity contribution is 5.74. The van der Waals surface area contributed by atoms with E-state index in [0.717, 1.165) is 0 Å². The standard InChI is InChI=1S/C10H9NO3/c11-5-9(13)10(14)8-3-1-7(6-12)2-4-8/h1-4,6,9-10,13-14H. The predicted molar refractivity (Wildman–Crippen MR) is 48.4 cm³/mol. The highest BCUT2D eigenvalue weighted by Crippen LogP contribution is 2.16. The van der Waals surface area contributed by atoms with Gasteiger partial charge in [-0.1, -0.05) is 24.3 Å². The quantitative estimate of drug-likeness (QED) is 0.535. The minimum atomic E-state index is -1.45. The van der Waals surface area contributed by atoms with Crippen molar-refractivity contribution in [1.29, 1.82) is 5.26 Å². The maximum absolute atomic E-state index is 10.3. The molecule has 1 aromatic rings. The first-order valence-corrected chi connectivity index (χ1v) is 4.00. The van der Waals surface area contributed by atoms with E-state index < -0.39 is 12.2 Å². The summed E-state index contributed by atoms with van der Waals surface area (Å²) >= 11 is 0. The van der Waals surface area contributed by atoms with Crippen LogP contribution < -0.4 is 0 Å². The highest BCUT2D eigenvalue weighted by Gasteiger charge is 2.16. The van der Waals surface area contributed by atoms with Crippen LogP contribution in [0.3, 0.4) is 0 Å². The lowest BCUT2D eigenvalue weighted by atomic mass is 10.0. The molecule has 14 heavy (non-hydrogen) atoms. The first-order chi connectivity index (χ1) is 6.69. The zero-order valence-corrected chi connectivity index (χ0v) is 7.29. The average molecular weight is 191 g/mol. The number of hydrogen-bond donors (Lipinski definition) is 2. The van der Waals surface area contributed by atoms with Gasteiger partial charge in [0.2, 0.25) is 0 Å². The second-order valence-corrected chi connectivity index (χ2v) is 2.80. The first kappa shape index (κ1) is 10.4. The molecule has 0 heterocycles. The Hall–Kier alpha value is -1.70. The van der Waals surface area contributed by atoms with E-state index in [9.17, 15) is 9.90 Å². The predicted octanol–water partition coefficient (Wildman–Crippen LogP) is 0.417. The summed E-state index contributed by atoms with van der Waals surface area (Å²) < 4.78 is 0. The highest BCUT2D eigenvalue weighted by atomic mass is 16.3. The molecular formula is C10H9NO3. The van der Waals surface area contributed by atoms with Crippen molar-refractivity contribution in [3.8, 4) is 6.07 Å². The van der Waals surface area contributed by atoms with Crippen LogP contribution in [-0.4, -0.2) is 22.6 Å². The molecule has 0 aliphatic carbocycles. The van der Waals surface area contributed by atoms with Crippen LogP contribution in [0.15, 0.2) is 24.3 Å². The van der Waals surface area contributed by atoms with E-state index in [2.05, 4.69) is 0 Å². The Morgan fingerprint density at radius 3 is 2.29 bits per heavy atom. The van der Waals surface area contributed by atoms with Crippen molar-refractivity contribution in [3.63, 3.8) is 0 Å². The van der Waals surface area contributed by atoms with Gasteiger partial charge in [0.25, 0.3) is 0 Å². The van der Waals surface area contributed by atoms with E-state index in [1.807, 2.05) is 0 Å². The fourth-order valence-corrected chi connectivity index (χ4v) is 1.02. The maximum atomic E-state index is 10.3. The second-order valence-electron chi connectivity index (χ2n) is 2.80. The molecule has 1 rings (SSSR count). The van der Waals surface area contributed by atoms with Crippen molar-refractivity contribution < 1.29 is 15.0 Å². The summed E-state index contributed by atoms with van der Waals surface area (Å²) in [6.07, 6.45) is -2.01. The van der Waals surface area contributed by atoms with E-state index in [-0.39, 0.29) is 0 Å². The topological polar surface area (TPSA) is 81.3 Å². The van der Waals surface area contributed by atoms with Gasteiger partial charge in [-0.05, 0) is 5.56 Å². The number of aldehydes is 1. The minimum Gasteiger partial charge on any atom is -0.385 e. The van der Waals surface area contributed by atoms with Crippen LogP contribution in [0.4, 0.5) is 0 Å². The summed E-state index contributed by atoms with van der Waals surface area (Å²) in [5.74, 6) is 0. The van der Waals surface area contributed by atoms with Crippen LogP contribution in [0.2, 0.25) is 0 Å². The van der Waals surface area contributed by atoms with Crippen LogP contribution in [0.1, 0.15) is 22.0 Å². The minimum absolute atomic E-state index is 0.407. The zero-order chi connectivity index (χ0) is 10.6. The number of carbonyl (C=O) groups is 1. The molecule has 0 aliphatic rings. The fourth-order valence-electron chi connectivity index (χ4n) is 1.02. The molecule has 0 radical (unpaired) electrons. The van der Waals surface area contributed by atoms with Gasteiger partial charge >= 0.3 is 0 Å². The van der Waals surface area contributed by atoms with E-state index >= 15 is 0 Å². The third-order valence-corrected chi connectivity index (χ3v) is 1.85. The Morgan fingerprint density at radius 2 is 1.86 bits per heavy atom. The van der Waals surface area contributed by atoms with Crippen molar-refractivity contribution in [2.45, 2.75) is 12.2 Å². The number of hydrogen-bond acceptors (Lipinski definition) is 4. The van der Waals surface area contributed by atoms with Gasteiger partial charge in [-0.2, -0.15) is 5.26 Å². The summed E-state index contributed by atoms with van der Waals surface area (Å²) in [6.45, 7) is 0. The van der Waals surface area contributed by atoms with Crippen LogP contribution in [-0.2, 0) is 0 Å². The molecule has 0 aromatic heterocycles. The SMILES string of the molecule is N#CC(O)C(O)c1ccc(C=O)cc1. The number of nitriles is 1. The summed E-state index contributed by atoms with van der Waals surface area (Å²) in [7, 11) is 0. The van der Waals surface area contributed by atoms with Crippen LogP contribution in [0.25, 0.3) is 0 Å². The second kappa shape index (κ2) is 4.51. The molecule has 0 aliphatic heterocycles. The van der Waals surface area contributed by atoms with Gasteiger partial charge in [0.1, 0.15) is 12.4 Å². The third-order valence-electron chi connectivity index (χ3n) is 1.85. The first-order valence-electron chi connectivity index (χ1n) is 4.00. The smallest absolute Gasteiger partial charge is 0.170 e. The van der Waals surface area contributed by atoms with Gasteiger partial charge in [0, 0.05) is 5.56 Å². The normalized spacial score (nSPS) is 14.1. The monoisotopic (exact) mass is 191 g/mol. The molecule has 2 atom stereocenters. The van der Waals surface area contributed by atoms with Gasteiger partial charge in [0.05, 0.1) is 6.07 Å². The lowest BCUT2D eigenvalue weighted by Gasteiger charge is -2.11. The average Bonchev–Trinajstić information content (AvgIpc) is 2.27. The Labute approximate surface area is 81.0 Å². The Morgan fingerprint density at radius 1 is 1.29 bits per heavy atom. The van der Waals surface area contributed by atoms with E-state index in [1.54, 1.807) is 0 Å². The van der Waals surface area contributed by atoms with Gasteiger partial charge in [-0.15, -0.1) is 0 Å². The van der Waals surface area contributed by atoms with Crippen LogP contribution in [0.5, 0.6) is 0 Å². The number of nitrogens with zero attached hydrogens (tertiary/aromatic N) is 1. The van der Waals surface area contributed by atoms with E-state index in [0.29, 0.717) is 17.4 Å². The molecule has 0 amide bonds. The van der Waals surface area contributed by atoms with Crippen molar-refractivity contribution >= 4 is 6.29 Å². The molecule has 0 bridgehead atoms. The Balaban J connectivity index is 2.87. The molecule has 1 aromatic carbocycles. The molecule has 2 N–H and O–H groups in total. The van der Waals surface area contributed by atoms with Crippen molar-refractivity contribution in [3.05, 3.63) is 35.4 Å². The van der Waals surface area contributed by atoms with Gasteiger partial charge in [0.15, 0.2) is 6.10 Å². The summed E-state index contributed by atoms with van der Waals surface area (Å²) in [6, 6.07) is 7.54. The number of benzene rings is 1. The molecule has 0 spiro atoms. The van der Waals surface area contributed by atoms with E-state index in [1.165, 1.54) is 30.3 Å². The lowest BCUT2D eigenvalue weighted by Crippen LogP contribution is -2.15. The summed E-state index contributed by atoms with van der Waals surface area (Å²) in [5.41, 5.74) is 0.886. The molecule has 2 unspecified atom stereocenters.